The third-order valence-corrected chi connectivity index (χ3v) is 1.56. The molecule has 1 aromatic carbocycles. The van der Waals surface area contributed by atoms with Gasteiger partial charge in [0.15, 0.2) is 0 Å². The van der Waals surface area contributed by atoms with Crippen LogP contribution in [0.25, 0.3) is 0 Å². The molecule has 0 saturated carbocycles. The van der Waals surface area contributed by atoms with Gasteiger partial charge in [0, 0.05) is 11.6 Å². The summed E-state index contributed by atoms with van der Waals surface area (Å²) in [6, 6.07) is 4.25. The van der Waals surface area contributed by atoms with E-state index in [2.05, 4.69) is 5.10 Å². The van der Waals surface area contributed by atoms with E-state index in [0.717, 1.165) is 0 Å². The molecule has 0 aliphatic rings. The van der Waals surface area contributed by atoms with Gasteiger partial charge in [-0.05, 0) is 19.1 Å². The van der Waals surface area contributed by atoms with E-state index >= 15 is 0 Å². The van der Waals surface area contributed by atoms with Crippen LogP contribution in [0.15, 0.2) is 23.3 Å². The summed E-state index contributed by atoms with van der Waals surface area (Å²) in [6.45, 7) is 1.67. The molecule has 0 aliphatic carbocycles. The molecule has 4 nitrogen and oxygen atoms in total. The second-order valence-corrected chi connectivity index (χ2v) is 2.42. The lowest BCUT2D eigenvalue weighted by Gasteiger charge is -2.02. The van der Waals surface area contributed by atoms with E-state index in [0.29, 0.717) is 11.3 Å². The number of hydrogen-bond acceptors (Lipinski definition) is 4. The fourth-order valence-electron chi connectivity index (χ4n) is 0.896. The summed E-state index contributed by atoms with van der Waals surface area (Å²) in [5, 5.41) is 21.7. The summed E-state index contributed by atoms with van der Waals surface area (Å²) in [4.78, 5) is 0. The van der Waals surface area contributed by atoms with Gasteiger partial charge in [-0.15, -0.1) is 0 Å². The highest BCUT2D eigenvalue weighted by atomic mass is 16.3. The van der Waals surface area contributed by atoms with Crippen LogP contribution in [-0.4, -0.2) is 15.9 Å². The smallest absolute Gasteiger partial charge is 0.128 e. The van der Waals surface area contributed by atoms with E-state index in [9.17, 15) is 5.11 Å². The minimum Gasteiger partial charge on any atom is -0.508 e. The van der Waals surface area contributed by atoms with Crippen LogP contribution in [0.1, 0.15) is 12.5 Å². The largest absolute Gasteiger partial charge is 0.508 e. The number of nitrogens with zero attached hydrogens (tertiary/aromatic N) is 1. The number of nitrogens with two attached hydrogens (primary N) is 1. The normalized spacial score (nSPS) is 11.6. The zero-order valence-corrected chi connectivity index (χ0v) is 6.65. The van der Waals surface area contributed by atoms with Gasteiger partial charge < -0.3 is 16.1 Å². The van der Waals surface area contributed by atoms with Crippen LogP contribution in [0.3, 0.4) is 0 Å². The average molecular weight is 166 g/mol. The zero-order chi connectivity index (χ0) is 9.14. The summed E-state index contributed by atoms with van der Waals surface area (Å²) in [6.07, 6.45) is 0. The molecule has 0 aliphatic heterocycles. The number of benzene rings is 1. The van der Waals surface area contributed by atoms with Gasteiger partial charge in [0.2, 0.25) is 0 Å². The molecule has 0 atom stereocenters. The standard InChI is InChI=1S/C8H10N2O2/c1-5(10-9)7-3-2-6(11)4-8(7)12/h2-4,11-12H,9H2,1H3/b10-5+. The molecule has 0 spiro atoms. The van der Waals surface area contributed by atoms with Crippen LogP contribution in [0.4, 0.5) is 0 Å². The first kappa shape index (κ1) is 8.39. The fraction of sp³-hybridized carbons (Fsp3) is 0.125. The van der Waals surface area contributed by atoms with Crippen molar-refractivity contribution in [2.24, 2.45) is 10.9 Å². The van der Waals surface area contributed by atoms with Crippen LogP contribution in [0.5, 0.6) is 11.5 Å². The number of aromatic hydroxyl groups is 2. The predicted octanol–water partition coefficient (Wildman–Crippen LogP) is 0.780. The van der Waals surface area contributed by atoms with Crippen molar-refractivity contribution in [3.8, 4) is 11.5 Å². The molecule has 64 valence electrons. The van der Waals surface area contributed by atoms with Crippen LogP contribution >= 0.6 is 0 Å². The molecule has 4 N–H and O–H groups in total. The van der Waals surface area contributed by atoms with Gasteiger partial charge in [-0.1, -0.05) is 0 Å². The molecule has 0 heterocycles. The van der Waals surface area contributed by atoms with Crippen molar-refractivity contribution in [3.05, 3.63) is 23.8 Å². The second-order valence-electron chi connectivity index (χ2n) is 2.42. The van der Waals surface area contributed by atoms with Crippen molar-refractivity contribution >= 4 is 5.71 Å². The second kappa shape index (κ2) is 3.13. The first-order chi connectivity index (χ1) is 5.65. The first-order valence-electron chi connectivity index (χ1n) is 3.42. The van der Waals surface area contributed by atoms with E-state index in [1.54, 1.807) is 13.0 Å². The highest BCUT2D eigenvalue weighted by molar-refractivity contribution is 6.00. The van der Waals surface area contributed by atoms with Gasteiger partial charge in [-0.2, -0.15) is 5.10 Å². The maximum absolute atomic E-state index is 9.30. The van der Waals surface area contributed by atoms with E-state index < -0.39 is 0 Å². The summed E-state index contributed by atoms with van der Waals surface area (Å²) >= 11 is 0. The van der Waals surface area contributed by atoms with Gasteiger partial charge in [0.25, 0.3) is 0 Å². The quantitative estimate of drug-likeness (QED) is 0.327. The van der Waals surface area contributed by atoms with Gasteiger partial charge in [0.1, 0.15) is 11.5 Å². The predicted molar refractivity (Wildman–Crippen MR) is 46.2 cm³/mol. The molecule has 1 aromatic rings. The van der Waals surface area contributed by atoms with Crippen molar-refractivity contribution < 1.29 is 10.2 Å². The Hall–Kier alpha value is -1.71. The maximum Gasteiger partial charge on any atom is 0.128 e. The van der Waals surface area contributed by atoms with Crippen molar-refractivity contribution in [2.75, 3.05) is 0 Å². The van der Waals surface area contributed by atoms with Crippen molar-refractivity contribution in [3.63, 3.8) is 0 Å². The van der Waals surface area contributed by atoms with Gasteiger partial charge in [0.05, 0.1) is 5.71 Å². The monoisotopic (exact) mass is 166 g/mol. The maximum atomic E-state index is 9.30. The fourth-order valence-corrected chi connectivity index (χ4v) is 0.896. The van der Waals surface area contributed by atoms with Crippen molar-refractivity contribution in [1.82, 2.24) is 0 Å². The molecule has 1 rings (SSSR count). The van der Waals surface area contributed by atoms with Crippen LogP contribution in [-0.2, 0) is 0 Å². The molecule has 0 aromatic heterocycles. The summed E-state index contributed by atoms with van der Waals surface area (Å²) < 4.78 is 0. The minimum atomic E-state index is -0.0262. The third kappa shape index (κ3) is 1.47. The molecule has 0 bridgehead atoms. The third-order valence-electron chi connectivity index (χ3n) is 1.56. The van der Waals surface area contributed by atoms with Gasteiger partial charge in [-0.25, -0.2) is 0 Å². The van der Waals surface area contributed by atoms with Crippen molar-refractivity contribution in [2.45, 2.75) is 6.92 Å². The molecular weight excluding hydrogens is 156 g/mol. The van der Waals surface area contributed by atoms with Gasteiger partial charge in [-0.3, -0.25) is 0 Å². The van der Waals surface area contributed by atoms with Gasteiger partial charge >= 0.3 is 0 Å². The van der Waals surface area contributed by atoms with Crippen LogP contribution in [0, 0.1) is 0 Å². The highest BCUT2D eigenvalue weighted by Gasteiger charge is 2.04. The molecule has 0 radical (unpaired) electrons. The van der Waals surface area contributed by atoms with Crippen LogP contribution < -0.4 is 5.84 Å². The Bertz CT molecular complexity index is 321. The lowest BCUT2D eigenvalue weighted by molar-refractivity contribution is 0.450. The average Bonchev–Trinajstić information content (AvgIpc) is 2.03. The molecular formula is C8H10N2O2. The summed E-state index contributed by atoms with van der Waals surface area (Å²) in [7, 11) is 0. The van der Waals surface area contributed by atoms with E-state index in [1.165, 1.54) is 12.1 Å². The number of phenolic OH excluding ortho intramolecular Hbond substituents is 2. The topological polar surface area (TPSA) is 78.8 Å². The van der Waals surface area contributed by atoms with E-state index in [4.69, 9.17) is 10.9 Å². The number of hydrazone groups is 1. The highest BCUT2D eigenvalue weighted by Crippen LogP contribution is 2.22. The van der Waals surface area contributed by atoms with Crippen LogP contribution in [0.2, 0.25) is 0 Å². The Balaban J connectivity index is 3.18. The molecule has 0 unspecified atom stereocenters. The number of rotatable bonds is 1. The zero-order valence-electron chi connectivity index (χ0n) is 6.65. The Morgan fingerprint density at radius 1 is 1.42 bits per heavy atom. The molecule has 0 saturated heterocycles. The Labute approximate surface area is 70.0 Å². The molecule has 12 heavy (non-hydrogen) atoms. The lowest BCUT2D eigenvalue weighted by atomic mass is 10.1. The number of phenols is 2. The van der Waals surface area contributed by atoms with E-state index in [1.807, 2.05) is 0 Å². The summed E-state index contributed by atoms with van der Waals surface area (Å²) in [5.74, 6) is 5.01. The Morgan fingerprint density at radius 3 is 2.58 bits per heavy atom. The number of hydrogen-bond donors (Lipinski definition) is 3. The molecule has 4 heteroatoms. The Morgan fingerprint density at radius 2 is 2.08 bits per heavy atom. The Kier molecular flexibility index (Phi) is 2.19. The summed E-state index contributed by atoms with van der Waals surface area (Å²) in [5.41, 5.74) is 1.04. The van der Waals surface area contributed by atoms with E-state index in [-0.39, 0.29) is 11.5 Å². The lowest BCUT2D eigenvalue weighted by Crippen LogP contribution is -1.98. The SMILES string of the molecule is C/C(=N\N)c1ccc(O)cc1O. The first-order valence-corrected chi connectivity index (χ1v) is 3.42. The molecule has 0 fully saturated rings. The minimum absolute atomic E-state index is 0.0149. The molecule has 0 amide bonds. The van der Waals surface area contributed by atoms with Crippen molar-refractivity contribution in [1.29, 1.82) is 0 Å².